The molecule has 0 atom stereocenters. The van der Waals surface area contributed by atoms with Crippen LogP contribution in [0.2, 0.25) is 0 Å². The van der Waals surface area contributed by atoms with Gasteiger partial charge in [-0.3, -0.25) is 4.79 Å². The minimum absolute atomic E-state index is 0.152. The van der Waals surface area contributed by atoms with Crippen LogP contribution in [-0.2, 0) is 4.79 Å². The van der Waals surface area contributed by atoms with Crippen LogP contribution in [-0.4, -0.2) is 18.1 Å². The standard InChI is InChI=1S/C6H11NO2/c1-5(7-2)3-4-6(8)9/h7H,1,3-4H2,2H3,(H,8,9). The van der Waals surface area contributed by atoms with Crippen molar-refractivity contribution in [3.05, 3.63) is 12.3 Å². The predicted molar refractivity (Wildman–Crippen MR) is 35.1 cm³/mol. The first kappa shape index (κ1) is 8.01. The van der Waals surface area contributed by atoms with E-state index in [0.29, 0.717) is 6.42 Å². The Hall–Kier alpha value is -0.990. The molecule has 0 aromatic heterocycles. The lowest BCUT2D eigenvalue weighted by atomic mass is 10.2. The highest BCUT2D eigenvalue weighted by atomic mass is 16.4. The minimum atomic E-state index is -0.786. The fourth-order valence-corrected chi connectivity index (χ4v) is 0.383. The number of carboxylic acids is 1. The van der Waals surface area contributed by atoms with E-state index in [-0.39, 0.29) is 6.42 Å². The highest BCUT2D eigenvalue weighted by Crippen LogP contribution is 1.95. The first-order valence-electron chi connectivity index (χ1n) is 2.74. The van der Waals surface area contributed by atoms with Crippen molar-refractivity contribution in [3.8, 4) is 0 Å². The van der Waals surface area contributed by atoms with Crippen LogP contribution in [0.4, 0.5) is 0 Å². The maximum absolute atomic E-state index is 9.95. The zero-order valence-corrected chi connectivity index (χ0v) is 5.48. The minimum Gasteiger partial charge on any atom is -0.481 e. The van der Waals surface area contributed by atoms with Crippen molar-refractivity contribution in [1.82, 2.24) is 5.32 Å². The van der Waals surface area contributed by atoms with Gasteiger partial charge in [0.05, 0.1) is 6.42 Å². The molecule has 3 nitrogen and oxygen atoms in total. The van der Waals surface area contributed by atoms with E-state index in [0.717, 1.165) is 5.70 Å². The van der Waals surface area contributed by atoms with Crippen molar-refractivity contribution in [2.24, 2.45) is 0 Å². The molecule has 52 valence electrons. The van der Waals surface area contributed by atoms with Crippen LogP contribution >= 0.6 is 0 Å². The zero-order chi connectivity index (χ0) is 7.28. The third-order valence-electron chi connectivity index (χ3n) is 0.994. The smallest absolute Gasteiger partial charge is 0.303 e. The average Bonchev–Trinajstić information content (AvgIpc) is 1.83. The van der Waals surface area contributed by atoms with E-state index in [1.54, 1.807) is 7.05 Å². The Morgan fingerprint density at radius 1 is 1.67 bits per heavy atom. The first-order valence-corrected chi connectivity index (χ1v) is 2.74. The molecule has 0 radical (unpaired) electrons. The second-order valence-corrected chi connectivity index (χ2v) is 1.75. The SMILES string of the molecule is C=C(CCC(=O)O)NC. The highest BCUT2D eigenvalue weighted by molar-refractivity contribution is 5.66. The van der Waals surface area contributed by atoms with E-state index in [1.807, 2.05) is 0 Å². The second-order valence-electron chi connectivity index (χ2n) is 1.75. The molecule has 0 unspecified atom stereocenters. The van der Waals surface area contributed by atoms with Gasteiger partial charge in [-0.25, -0.2) is 0 Å². The molecule has 0 aliphatic heterocycles. The highest BCUT2D eigenvalue weighted by Gasteiger charge is 1.96. The fourth-order valence-electron chi connectivity index (χ4n) is 0.383. The molecule has 0 amide bonds. The third-order valence-corrected chi connectivity index (χ3v) is 0.994. The molecule has 0 rings (SSSR count). The Morgan fingerprint density at radius 3 is 2.56 bits per heavy atom. The first-order chi connectivity index (χ1) is 4.16. The lowest BCUT2D eigenvalue weighted by Crippen LogP contribution is -2.06. The van der Waals surface area contributed by atoms with Gasteiger partial charge in [0.1, 0.15) is 0 Å². The van der Waals surface area contributed by atoms with Gasteiger partial charge in [-0.2, -0.15) is 0 Å². The second kappa shape index (κ2) is 3.95. The predicted octanol–water partition coefficient (Wildman–Crippen LogP) is 0.584. The van der Waals surface area contributed by atoms with Gasteiger partial charge in [-0.05, 0) is 6.42 Å². The van der Waals surface area contributed by atoms with E-state index in [4.69, 9.17) is 5.11 Å². The lowest BCUT2D eigenvalue weighted by molar-refractivity contribution is -0.136. The summed E-state index contributed by atoms with van der Waals surface area (Å²) in [6.45, 7) is 3.57. The van der Waals surface area contributed by atoms with Crippen molar-refractivity contribution in [1.29, 1.82) is 0 Å². The number of rotatable bonds is 4. The van der Waals surface area contributed by atoms with Gasteiger partial charge >= 0.3 is 5.97 Å². The van der Waals surface area contributed by atoms with E-state index in [9.17, 15) is 4.79 Å². The van der Waals surface area contributed by atoms with Gasteiger partial charge in [-0.15, -0.1) is 0 Å². The maximum atomic E-state index is 9.95. The van der Waals surface area contributed by atoms with Gasteiger partial charge in [0.2, 0.25) is 0 Å². The number of nitrogens with one attached hydrogen (secondary N) is 1. The van der Waals surface area contributed by atoms with Crippen LogP contribution in [0, 0.1) is 0 Å². The van der Waals surface area contributed by atoms with Crippen LogP contribution < -0.4 is 5.32 Å². The largest absolute Gasteiger partial charge is 0.481 e. The van der Waals surface area contributed by atoms with Crippen molar-refractivity contribution in [3.63, 3.8) is 0 Å². The molecule has 0 aliphatic carbocycles. The molecule has 0 aromatic rings. The molecule has 0 saturated carbocycles. The molecule has 0 bridgehead atoms. The molecule has 9 heavy (non-hydrogen) atoms. The average molecular weight is 129 g/mol. The van der Waals surface area contributed by atoms with E-state index in [2.05, 4.69) is 11.9 Å². The summed E-state index contributed by atoms with van der Waals surface area (Å²) < 4.78 is 0. The summed E-state index contributed by atoms with van der Waals surface area (Å²) in [6, 6.07) is 0. The summed E-state index contributed by atoms with van der Waals surface area (Å²) in [5.74, 6) is -0.786. The van der Waals surface area contributed by atoms with Gasteiger partial charge in [-0.1, -0.05) is 6.58 Å². The molecule has 0 heterocycles. The molecular formula is C6H11NO2. The summed E-state index contributed by atoms with van der Waals surface area (Å²) in [5, 5.41) is 11.0. The summed E-state index contributed by atoms with van der Waals surface area (Å²) >= 11 is 0. The molecule has 3 heteroatoms. The van der Waals surface area contributed by atoms with E-state index in [1.165, 1.54) is 0 Å². The van der Waals surface area contributed by atoms with Crippen molar-refractivity contribution in [2.45, 2.75) is 12.8 Å². The molecule has 0 aliphatic rings. The van der Waals surface area contributed by atoms with Crippen LogP contribution in [0.5, 0.6) is 0 Å². The lowest BCUT2D eigenvalue weighted by Gasteiger charge is -1.99. The van der Waals surface area contributed by atoms with Gasteiger partial charge in [0.25, 0.3) is 0 Å². The molecule has 0 spiro atoms. The quantitative estimate of drug-likeness (QED) is 0.584. The Kier molecular flexibility index (Phi) is 3.51. The summed E-state index contributed by atoms with van der Waals surface area (Å²) in [6.07, 6.45) is 0.658. The van der Waals surface area contributed by atoms with Crippen LogP contribution in [0.3, 0.4) is 0 Å². The number of allylic oxidation sites excluding steroid dienone is 1. The maximum Gasteiger partial charge on any atom is 0.303 e. The Morgan fingerprint density at radius 2 is 2.22 bits per heavy atom. The van der Waals surface area contributed by atoms with Crippen molar-refractivity contribution < 1.29 is 9.90 Å². The van der Waals surface area contributed by atoms with Crippen molar-refractivity contribution >= 4 is 5.97 Å². The topological polar surface area (TPSA) is 49.3 Å². The van der Waals surface area contributed by atoms with Crippen LogP contribution in [0.15, 0.2) is 12.3 Å². The number of hydrogen-bond donors (Lipinski definition) is 2. The fraction of sp³-hybridized carbons (Fsp3) is 0.500. The monoisotopic (exact) mass is 129 g/mol. The molecule has 2 N–H and O–H groups in total. The Bertz CT molecular complexity index is 120. The summed E-state index contributed by atoms with van der Waals surface area (Å²) in [5.41, 5.74) is 0.761. The number of carboxylic acid groups (broad SMARTS) is 1. The number of carbonyl (C=O) groups is 1. The normalized spacial score (nSPS) is 8.56. The summed E-state index contributed by atoms with van der Waals surface area (Å²) in [7, 11) is 1.73. The van der Waals surface area contributed by atoms with E-state index < -0.39 is 5.97 Å². The van der Waals surface area contributed by atoms with E-state index >= 15 is 0 Å². The molecular weight excluding hydrogens is 118 g/mol. The van der Waals surface area contributed by atoms with Gasteiger partial charge in [0, 0.05) is 12.7 Å². The zero-order valence-electron chi connectivity index (χ0n) is 5.48. The van der Waals surface area contributed by atoms with Gasteiger partial charge < -0.3 is 10.4 Å². The Labute approximate surface area is 54.4 Å². The summed E-state index contributed by atoms with van der Waals surface area (Å²) in [4.78, 5) is 9.95. The van der Waals surface area contributed by atoms with Crippen LogP contribution in [0.25, 0.3) is 0 Å². The third kappa shape index (κ3) is 4.87. The van der Waals surface area contributed by atoms with Crippen LogP contribution in [0.1, 0.15) is 12.8 Å². The molecule has 0 saturated heterocycles. The van der Waals surface area contributed by atoms with Crippen molar-refractivity contribution in [2.75, 3.05) is 7.05 Å². The molecule has 0 aromatic carbocycles. The molecule has 0 fully saturated rings. The van der Waals surface area contributed by atoms with Gasteiger partial charge in [0.15, 0.2) is 0 Å². The number of hydrogen-bond acceptors (Lipinski definition) is 2. The number of aliphatic carboxylic acids is 1. The Balaban J connectivity index is 3.28.